The molecule has 0 spiro atoms. The normalized spacial score (nSPS) is 20.8. The van der Waals surface area contributed by atoms with Crippen LogP contribution in [0.4, 0.5) is 0 Å². The lowest BCUT2D eigenvalue weighted by Crippen LogP contribution is -2.44. The molecular formula is C22H27N7O5. The molecule has 0 aromatic heterocycles. The maximum absolute atomic E-state index is 12.5. The van der Waals surface area contributed by atoms with E-state index in [1.165, 1.54) is 0 Å². The molecule has 0 saturated heterocycles. The lowest BCUT2D eigenvalue weighted by Gasteiger charge is -2.25. The Hall–Kier alpha value is -4.09. The third kappa shape index (κ3) is 6.03. The molecule has 1 amide bonds. The molecule has 2 aliphatic rings. The molecule has 2 aliphatic heterocycles. The molecule has 4 atom stereocenters. The number of hydrogen-bond acceptors (Lipinski definition) is 9. The van der Waals surface area contributed by atoms with Gasteiger partial charge in [0.25, 0.3) is 5.91 Å². The number of aliphatic carboxylic acids is 2. The Labute approximate surface area is 195 Å². The van der Waals surface area contributed by atoms with Crippen molar-refractivity contribution in [2.45, 2.75) is 56.8 Å². The SMILES string of the molecule is CCC(CC1=NC2C(N)=NC(N)=NC2N=C1)c1ccc(C(=O)NC(CCC(=O)O)C(=O)O)cc1. The van der Waals surface area contributed by atoms with Crippen molar-refractivity contribution >= 4 is 41.6 Å². The predicted octanol–water partition coefficient (Wildman–Crippen LogP) is 0.524. The fraction of sp³-hybridized carbons (Fsp3) is 0.409. The average Bonchev–Trinajstić information content (AvgIpc) is 2.80. The maximum Gasteiger partial charge on any atom is 0.326 e. The smallest absolute Gasteiger partial charge is 0.326 e. The molecule has 0 bridgehead atoms. The Morgan fingerprint density at radius 2 is 1.82 bits per heavy atom. The van der Waals surface area contributed by atoms with E-state index in [0.29, 0.717) is 6.42 Å². The lowest BCUT2D eigenvalue weighted by atomic mass is 9.90. The number of benzene rings is 1. The highest BCUT2D eigenvalue weighted by Gasteiger charge is 2.30. The van der Waals surface area contributed by atoms with Gasteiger partial charge in [0, 0.05) is 18.2 Å². The van der Waals surface area contributed by atoms with Crippen molar-refractivity contribution in [3.05, 3.63) is 35.4 Å². The van der Waals surface area contributed by atoms with E-state index in [1.807, 2.05) is 6.92 Å². The van der Waals surface area contributed by atoms with E-state index < -0.39 is 36.1 Å². The van der Waals surface area contributed by atoms with E-state index in [4.69, 9.17) is 16.6 Å². The standard InChI is InChI=1S/C22H27N7O5/c1-2-11(9-14-10-25-19-17(26-14)18(23)28-22(24)29-19)12-3-5-13(6-4-12)20(32)27-15(21(33)34)7-8-16(30)31/h3-6,10-11,15,17,19H,2,7-9H2,1H3,(H,27,32)(H,30,31)(H,33,34)(H4,23,24,28,29). The van der Waals surface area contributed by atoms with Gasteiger partial charge in [0.1, 0.15) is 17.9 Å². The molecule has 4 unspecified atom stereocenters. The van der Waals surface area contributed by atoms with Gasteiger partial charge in [-0.3, -0.25) is 19.6 Å². The molecule has 180 valence electrons. The van der Waals surface area contributed by atoms with E-state index in [-0.39, 0.29) is 36.1 Å². The minimum absolute atomic E-state index is 0.0849. The summed E-state index contributed by atoms with van der Waals surface area (Å²) in [5.74, 6) is -2.55. The molecule has 0 radical (unpaired) electrons. The van der Waals surface area contributed by atoms with Crippen molar-refractivity contribution in [1.29, 1.82) is 0 Å². The number of hydrogen-bond donors (Lipinski definition) is 5. The summed E-state index contributed by atoms with van der Waals surface area (Å²) in [7, 11) is 0. The molecule has 1 aromatic rings. The summed E-state index contributed by atoms with van der Waals surface area (Å²) in [6.07, 6.45) is 2.01. The second kappa shape index (κ2) is 10.7. The molecule has 1 aromatic carbocycles. The van der Waals surface area contributed by atoms with Gasteiger partial charge >= 0.3 is 11.9 Å². The van der Waals surface area contributed by atoms with Gasteiger partial charge in [0.15, 0.2) is 6.17 Å². The van der Waals surface area contributed by atoms with Crippen LogP contribution in [0.2, 0.25) is 0 Å². The lowest BCUT2D eigenvalue weighted by molar-refractivity contribution is -0.140. The number of guanidine groups is 1. The van der Waals surface area contributed by atoms with Gasteiger partial charge in [-0.1, -0.05) is 19.1 Å². The number of nitrogens with two attached hydrogens (primary N) is 2. The van der Waals surface area contributed by atoms with Crippen molar-refractivity contribution in [2.24, 2.45) is 31.4 Å². The Bertz CT molecular complexity index is 1080. The van der Waals surface area contributed by atoms with E-state index in [9.17, 15) is 19.5 Å². The van der Waals surface area contributed by atoms with Crippen molar-refractivity contribution in [3.8, 4) is 0 Å². The number of carbonyl (C=O) groups excluding carboxylic acids is 1. The van der Waals surface area contributed by atoms with Crippen LogP contribution in [0, 0.1) is 0 Å². The number of rotatable bonds is 10. The van der Waals surface area contributed by atoms with Crippen LogP contribution >= 0.6 is 0 Å². The number of carboxylic acid groups (broad SMARTS) is 2. The van der Waals surface area contributed by atoms with Crippen LogP contribution in [0.15, 0.2) is 44.2 Å². The van der Waals surface area contributed by atoms with Gasteiger partial charge in [-0.2, -0.15) is 4.99 Å². The van der Waals surface area contributed by atoms with Crippen LogP contribution in [0.25, 0.3) is 0 Å². The number of amides is 1. The van der Waals surface area contributed by atoms with Gasteiger partial charge < -0.3 is 27.0 Å². The van der Waals surface area contributed by atoms with Gasteiger partial charge in [-0.15, -0.1) is 0 Å². The van der Waals surface area contributed by atoms with Crippen LogP contribution in [-0.2, 0) is 9.59 Å². The molecule has 2 heterocycles. The van der Waals surface area contributed by atoms with E-state index in [1.54, 1.807) is 30.5 Å². The highest BCUT2D eigenvalue weighted by atomic mass is 16.4. The van der Waals surface area contributed by atoms with Crippen molar-refractivity contribution in [3.63, 3.8) is 0 Å². The summed E-state index contributed by atoms with van der Waals surface area (Å²) < 4.78 is 0. The molecular weight excluding hydrogens is 442 g/mol. The highest BCUT2D eigenvalue weighted by Crippen LogP contribution is 2.26. The van der Waals surface area contributed by atoms with Crippen LogP contribution < -0.4 is 16.8 Å². The summed E-state index contributed by atoms with van der Waals surface area (Å²) in [6.45, 7) is 2.04. The maximum atomic E-state index is 12.5. The molecule has 0 fully saturated rings. The minimum atomic E-state index is -1.29. The molecule has 12 heteroatoms. The average molecular weight is 470 g/mol. The first-order valence-corrected chi connectivity index (χ1v) is 10.8. The first kappa shape index (κ1) is 24.6. The van der Waals surface area contributed by atoms with Crippen LogP contribution in [0.5, 0.6) is 0 Å². The molecule has 7 N–H and O–H groups in total. The zero-order chi connectivity index (χ0) is 24.8. The highest BCUT2D eigenvalue weighted by molar-refractivity contribution is 6.32. The number of fused-ring (bicyclic) bond motifs is 1. The Balaban J connectivity index is 1.66. The van der Waals surface area contributed by atoms with Gasteiger partial charge in [0.05, 0.1) is 5.71 Å². The first-order valence-electron chi connectivity index (χ1n) is 10.8. The number of nitrogens with zero attached hydrogens (tertiary/aromatic N) is 4. The summed E-state index contributed by atoms with van der Waals surface area (Å²) in [4.78, 5) is 51.6. The van der Waals surface area contributed by atoms with Crippen molar-refractivity contribution in [1.82, 2.24) is 5.32 Å². The topological polar surface area (TPSA) is 205 Å². The van der Waals surface area contributed by atoms with Gasteiger partial charge in [-0.25, -0.2) is 9.79 Å². The first-order chi connectivity index (χ1) is 16.2. The third-order valence-corrected chi connectivity index (χ3v) is 5.62. The molecule has 0 saturated carbocycles. The largest absolute Gasteiger partial charge is 0.481 e. The van der Waals surface area contributed by atoms with Crippen LogP contribution in [0.3, 0.4) is 0 Å². The number of carbonyl (C=O) groups is 3. The summed E-state index contributed by atoms with van der Waals surface area (Å²) in [5, 5.41) is 20.4. The summed E-state index contributed by atoms with van der Waals surface area (Å²) >= 11 is 0. The minimum Gasteiger partial charge on any atom is -0.481 e. The zero-order valence-electron chi connectivity index (χ0n) is 18.6. The molecule has 34 heavy (non-hydrogen) atoms. The van der Waals surface area contributed by atoms with Crippen molar-refractivity contribution in [2.75, 3.05) is 0 Å². The number of aliphatic imine (C=N–C) groups is 4. The van der Waals surface area contributed by atoms with Gasteiger partial charge in [-0.05, 0) is 42.9 Å². The van der Waals surface area contributed by atoms with Crippen molar-refractivity contribution < 1.29 is 24.6 Å². The Morgan fingerprint density at radius 3 is 2.44 bits per heavy atom. The van der Waals surface area contributed by atoms with Crippen LogP contribution in [0.1, 0.15) is 54.4 Å². The predicted molar refractivity (Wildman–Crippen MR) is 127 cm³/mol. The monoisotopic (exact) mass is 469 g/mol. The summed E-state index contributed by atoms with van der Waals surface area (Å²) in [6, 6.07) is 5.08. The van der Waals surface area contributed by atoms with E-state index in [0.717, 1.165) is 17.7 Å². The third-order valence-electron chi connectivity index (χ3n) is 5.62. The second-order valence-electron chi connectivity index (χ2n) is 8.01. The fourth-order valence-corrected chi connectivity index (χ4v) is 3.74. The second-order valence-corrected chi connectivity index (χ2v) is 8.01. The number of carboxylic acids is 2. The molecule has 12 nitrogen and oxygen atoms in total. The molecule has 0 aliphatic carbocycles. The van der Waals surface area contributed by atoms with Gasteiger partial charge in [0.2, 0.25) is 5.96 Å². The molecule has 3 rings (SSSR count). The fourth-order valence-electron chi connectivity index (χ4n) is 3.74. The zero-order valence-corrected chi connectivity index (χ0v) is 18.6. The van der Waals surface area contributed by atoms with Crippen LogP contribution in [-0.4, -0.2) is 70.0 Å². The quantitative estimate of drug-likeness (QED) is 0.328. The Kier molecular flexibility index (Phi) is 7.71. The van der Waals surface area contributed by atoms with E-state index in [2.05, 4.69) is 25.3 Å². The number of nitrogens with one attached hydrogen (secondary N) is 1. The number of amidine groups is 1. The summed E-state index contributed by atoms with van der Waals surface area (Å²) in [5.41, 5.74) is 13.6. The Morgan fingerprint density at radius 1 is 1.12 bits per heavy atom. The van der Waals surface area contributed by atoms with E-state index >= 15 is 0 Å².